The minimum atomic E-state index is 0.235. The average Bonchev–Trinajstić information content (AvgIpc) is 2.34. The van der Waals surface area contributed by atoms with E-state index >= 15 is 0 Å². The Morgan fingerprint density at radius 1 is 1.35 bits per heavy atom. The summed E-state index contributed by atoms with van der Waals surface area (Å²) in [7, 11) is 0. The van der Waals surface area contributed by atoms with Gasteiger partial charge in [0.25, 0.3) is 0 Å². The number of aliphatic hydroxyl groups is 1. The molecule has 1 aromatic rings. The molecule has 0 aromatic carbocycles. The highest BCUT2D eigenvalue weighted by molar-refractivity contribution is 5.52. The van der Waals surface area contributed by atoms with Crippen LogP contribution >= 0.6 is 0 Å². The number of piperazine rings is 1. The molecule has 1 saturated heterocycles. The topological polar surface area (TPSA) is 65.6 Å². The fraction of sp³-hybridized carbons (Fsp3) is 0.583. The minimum absolute atomic E-state index is 0.235. The Morgan fingerprint density at radius 3 is 2.65 bits per heavy atom. The first-order chi connectivity index (χ1) is 8.20. The van der Waals surface area contributed by atoms with E-state index in [0.717, 1.165) is 49.8 Å². The highest BCUT2D eigenvalue weighted by Crippen LogP contribution is 2.18. The van der Waals surface area contributed by atoms with Crippen LogP contribution in [0.1, 0.15) is 5.56 Å². The molecule has 0 saturated carbocycles. The smallest absolute Gasteiger partial charge is 0.128 e. The Labute approximate surface area is 102 Å². The first-order valence-electron chi connectivity index (χ1n) is 6.01. The summed E-state index contributed by atoms with van der Waals surface area (Å²) in [6.07, 6.45) is 1.73. The zero-order valence-electron chi connectivity index (χ0n) is 10.3. The van der Waals surface area contributed by atoms with Gasteiger partial charge in [0, 0.05) is 32.7 Å². The molecule has 0 radical (unpaired) electrons. The highest BCUT2D eigenvalue weighted by atomic mass is 16.3. The second kappa shape index (κ2) is 5.33. The number of nitrogens with zero attached hydrogens (tertiary/aromatic N) is 3. The number of aryl methyl sites for hydroxylation is 1. The van der Waals surface area contributed by atoms with Gasteiger partial charge in [-0.05, 0) is 18.6 Å². The maximum absolute atomic E-state index is 8.89. The molecular weight excluding hydrogens is 216 g/mol. The van der Waals surface area contributed by atoms with Gasteiger partial charge in [-0.1, -0.05) is 0 Å². The lowest BCUT2D eigenvalue weighted by atomic mass is 10.2. The van der Waals surface area contributed by atoms with Gasteiger partial charge in [-0.3, -0.25) is 4.90 Å². The van der Waals surface area contributed by atoms with Crippen LogP contribution in [0.4, 0.5) is 11.5 Å². The monoisotopic (exact) mass is 236 g/mol. The highest BCUT2D eigenvalue weighted by Gasteiger charge is 2.17. The summed E-state index contributed by atoms with van der Waals surface area (Å²) in [6.45, 7) is 6.87. The molecule has 94 valence electrons. The second-order valence-electron chi connectivity index (χ2n) is 4.45. The molecule has 0 spiro atoms. The molecule has 0 amide bonds. The zero-order valence-corrected chi connectivity index (χ0v) is 10.3. The molecule has 5 nitrogen and oxygen atoms in total. The lowest BCUT2D eigenvalue weighted by Crippen LogP contribution is -2.47. The fourth-order valence-electron chi connectivity index (χ4n) is 2.07. The van der Waals surface area contributed by atoms with Crippen LogP contribution in [-0.2, 0) is 0 Å². The lowest BCUT2D eigenvalue weighted by Gasteiger charge is -2.35. The maximum atomic E-state index is 8.89. The van der Waals surface area contributed by atoms with Gasteiger partial charge < -0.3 is 15.7 Å². The van der Waals surface area contributed by atoms with Crippen molar-refractivity contribution in [2.24, 2.45) is 0 Å². The van der Waals surface area contributed by atoms with Crippen molar-refractivity contribution in [3.8, 4) is 0 Å². The summed E-state index contributed by atoms with van der Waals surface area (Å²) < 4.78 is 0. The summed E-state index contributed by atoms with van der Waals surface area (Å²) in [4.78, 5) is 8.90. The Morgan fingerprint density at radius 2 is 2.06 bits per heavy atom. The summed E-state index contributed by atoms with van der Waals surface area (Å²) in [5, 5.41) is 8.89. The van der Waals surface area contributed by atoms with Crippen LogP contribution in [0.5, 0.6) is 0 Å². The Kier molecular flexibility index (Phi) is 3.81. The molecule has 1 fully saturated rings. The molecule has 2 heterocycles. The number of anilines is 2. The molecule has 0 unspecified atom stereocenters. The molecule has 2 rings (SSSR count). The van der Waals surface area contributed by atoms with Crippen molar-refractivity contribution in [2.45, 2.75) is 6.92 Å². The van der Waals surface area contributed by atoms with Gasteiger partial charge in [0.05, 0.1) is 18.5 Å². The van der Waals surface area contributed by atoms with Crippen LogP contribution in [-0.4, -0.2) is 54.3 Å². The number of nitrogens with two attached hydrogens (primary N) is 1. The number of β-amino-alcohol motifs (C(OH)–C–C–N with tert-alkyl or cyclic N) is 1. The number of hydrogen-bond donors (Lipinski definition) is 2. The first-order valence-corrected chi connectivity index (χ1v) is 6.01. The Bertz CT molecular complexity index is 375. The van der Waals surface area contributed by atoms with E-state index in [9.17, 15) is 0 Å². The largest absolute Gasteiger partial charge is 0.397 e. The van der Waals surface area contributed by atoms with E-state index in [0.29, 0.717) is 0 Å². The van der Waals surface area contributed by atoms with Crippen molar-refractivity contribution in [3.63, 3.8) is 0 Å². The molecule has 17 heavy (non-hydrogen) atoms. The number of aliphatic hydroxyl groups excluding tert-OH is 1. The number of pyridine rings is 1. The molecule has 1 aliphatic heterocycles. The zero-order chi connectivity index (χ0) is 12.3. The van der Waals surface area contributed by atoms with Gasteiger partial charge in [0.2, 0.25) is 0 Å². The van der Waals surface area contributed by atoms with Crippen LogP contribution < -0.4 is 10.6 Å². The van der Waals surface area contributed by atoms with E-state index in [4.69, 9.17) is 10.8 Å². The predicted molar refractivity (Wildman–Crippen MR) is 69.1 cm³/mol. The molecule has 0 aliphatic carbocycles. The van der Waals surface area contributed by atoms with Crippen LogP contribution in [0, 0.1) is 6.92 Å². The van der Waals surface area contributed by atoms with Crippen molar-refractivity contribution < 1.29 is 5.11 Å². The Balaban J connectivity index is 1.98. The third kappa shape index (κ3) is 2.87. The molecular formula is C12H20N4O. The van der Waals surface area contributed by atoms with Crippen LogP contribution in [0.3, 0.4) is 0 Å². The quantitative estimate of drug-likeness (QED) is 0.778. The van der Waals surface area contributed by atoms with Gasteiger partial charge in [-0.15, -0.1) is 0 Å². The van der Waals surface area contributed by atoms with E-state index < -0.39 is 0 Å². The molecule has 0 atom stereocenters. The van der Waals surface area contributed by atoms with Gasteiger partial charge in [0.1, 0.15) is 5.82 Å². The van der Waals surface area contributed by atoms with Crippen LogP contribution in [0.15, 0.2) is 12.3 Å². The Hall–Kier alpha value is -1.33. The molecule has 1 aliphatic rings. The average molecular weight is 236 g/mol. The predicted octanol–water partition coefficient (Wildman–Crippen LogP) is 0.0865. The lowest BCUT2D eigenvalue weighted by molar-refractivity contribution is 0.188. The minimum Gasteiger partial charge on any atom is -0.397 e. The van der Waals surface area contributed by atoms with Crippen molar-refractivity contribution in [1.29, 1.82) is 0 Å². The maximum Gasteiger partial charge on any atom is 0.128 e. The summed E-state index contributed by atoms with van der Waals surface area (Å²) in [5.74, 6) is 1.00. The number of hydrogen-bond acceptors (Lipinski definition) is 5. The third-order valence-corrected chi connectivity index (χ3v) is 3.25. The van der Waals surface area contributed by atoms with E-state index in [1.165, 1.54) is 0 Å². The fourth-order valence-corrected chi connectivity index (χ4v) is 2.07. The second-order valence-corrected chi connectivity index (χ2v) is 4.45. The van der Waals surface area contributed by atoms with E-state index in [1.807, 2.05) is 13.0 Å². The van der Waals surface area contributed by atoms with Gasteiger partial charge in [-0.2, -0.15) is 0 Å². The van der Waals surface area contributed by atoms with E-state index in [1.54, 1.807) is 6.20 Å². The van der Waals surface area contributed by atoms with Crippen molar-refractivity contribution in [3.05, 3.63) is 17.8 Å². The molecule has 0 bridgehead atoms. The standard InChI is InChI=1S/C12H20N4O/c1-10-8-12(14-9-11(10)13)16-4-2-15(3-5-16)6-7-17/h8-9,17H,2-7,13H2,1H3. The summed E-state index contributed by atoms with van der Waals surface area (Å²) in [5.41, 5.74) is 7.58. The third-order valence-electron chi connectivity index (χ3n) is 3.25. The first kappa shape index (κ1) is 12.1. The SMILES string of the molecule is Cc1cc(N2CCN(CCO)CC2)ncc1N. The molecule has 1 aromatic heterocycles. The number of rotatable bonds is 3. The van der Waals surface area contributed by atoms with Crippen LogP contribution in [0.25, 0.3) is 0 Å². The van der Waals surface area contributed by atoms with Gasteiger partial charge in [0.15, 0.2) is 0 Å². The summed E-state index contributed by atoms with van der Waals surface area (Å²) in [6, 6.07) is 2.04. The van der Waals surface area contributed by atoms with Gasteiger partial charge in [-0.25, -0.2) is 4.98 Å². The molecule has 5 heteroatoms. The van der Waals surface area contributed by atoms with Gasteiger partial charge >= 0.3 is 0 Å². The van der Waals surface area contributed by atoms with E-state index in [2.05, 4.69) is 14.8 Å². The van der Waals surface area contributed by atoms with Crippen molar-refractivity contribution in [1.82, 2.24) is 9.88 Å². The normalized spacial score (nSPS) is 17.4. The van der Waals surface area contributed by atoms with E-state index in [-0.39, 0.29) is 6.61 Å². The van der Waals surface area contributed by atoms with Crippen LogP contribution in [0.2, 0.25) is 0 Å². The molecule has 3 N–H and O–H groups in total. The number of nitrogen functional groups attached to an aromatic ring is 1. The summed E-state index contributed by atoms with van der Waals surface area (Å²) >= 11 is 0. The van der Waals surface area contributed by atoms with Crippen molar-refractivity contribution in [2.75, 3.05) is 50.0 Å². The van der Waals surface area contributed by atoms with Crippen molar-refractivity contribution >= 4 is 11.5 Å². The number of aromatic nitrogens is 1.